The zero-order valence-electron chi connectivity index (χ0n) is 8.96. The van der Waals surface area contributed by atoms with Gasteiger partial charge in [-0.1, -0.05) is 0 Å². The molecule has 0 amide bonds. The number of hydrogen-bond acceptors (Lipinski definition) is 6. The van der Waals surface area contributed by atoms with Gasteiger partial charge in [0.2, 0.25) is 0 Å². The van der Waals surface area contributed by atoms with Gasteiger partial charge in [0, 0.05) is 17.7 Å². The van der Waals surface area contributed by atoms with Crippen molar-refractivity contribution in [1.29, 1.82) is 5.26 Å². The molecule has 0 aliphatic heterocycles. The van der Waals surface area contributed by atoms with Gasteiger partial charge < -0.3 is 16.6 Å². The minimum atomic E-state index is -0.755. The van der Waals surface area contributed by atoms with Crippen LogP contribution in [0.25, 0.3) is 0 Å². The molecule has 0 aromatic heterocycles. The first kappa shape index (κ1) is 12.9. The highest BCUT2D eigenvalue weighted by atomic mass is 16.6. The van der Waals surface area contributed by atoms with Crippen molar-refractivity contribution in [3.05, 3.63) is 33.4 Å². The smallest absolute Gasteiger partial charge is 0.312 e. The van der Waals surface area contributed by atoms with E-state index in [2.05, 4.69) is 0 Å². The molecule has 0 heterocycles. The van der Waals surface area contributed by atoms with Crippen molar-refractivity contribution in [3.63, 3.8) is 0 Å². The Morgan fingerprint density at radius 3 is 2.71 bits per heavy atom. The minimum Gasteiger partial charge on any atom is -0.502 e. The Hall–Kier alpha value is -2.17. The second-order valence-electron chi connectivity index (χ2n) is 3.49. The van der Waals surface area contributed by atoms with Gasteiger partial charge >= 0.3 is 5.69 Å². The number of phenols is 1. The van der Waals surface area contributed by atoms with Crippen LogP contribution in [0.1, 0.15) is 23.6 Å². The highest BCUT2D eigenvalue weighted by Crippen LogP contribution is 2.34. The number of nitrogens with zero attached hydrogens (tertiary/aromatic N) is 2. The fourth-order valence-electron chi connectivity index (χ4n) is 1.46. The van der Waals surface area contributed by atoms with Crippen LogP contribution in [0, 0.1) is 21.4 Å². The number of nitrogens with two attached hydrogens (primary N) is 2. The first-order chi connectivity index (χ1) is 8.01. The maximum Gasteiger partial charge on any atom is 0.312 e. The topological polar surface area (TPSA) is 139 Å². The first-order valence-electron chi connectivity index (χ1n) is 4.88. The maximum atomic E-state index is 10.7. The molecule has 0 unspecified atom stereocenters. The van der Waals surface area contributed by atoms with Crippen molar-refractivity contribution in [2.24, 2.45) is 11.5 Å². The van der Waals surface area contributed by atoms with E-state index in [1.54, 1.807) is 6.07 Å². The molecule has 90 valence electrons. The van der Waals surface area contributed by atoms with Crippen LogP contribution >= 0.6 is 0 Å². The Bertz CT molecular complexity index is 481. The number of rotatable bonds is 4. The van der Waals surface area contributed by atoms with Gasteiger partial charge in [-0.25, -0.2) is 0 Å². The fraction of sp³-hybridized carbons (Fsp3) is 0.300. The van der Waals surface area contributed by atoms with Gasteiger partial charge in [0.1, 0.15) is 0 Å². The molecule has 0 aliphatic rings. The van der Waals surface area contributed by atoms with Gasteiger partial charge in [0.05, 0.1) is 16.6 Å². The van der Waals surface area contributed by atoms with Crippen LogP contribution in [-0.4, -0.2) is 16.6 Å². The van der Waals surface area contributed by atoms with Crippen molar-refractivity contribution in [2.45, 2.75) is 12.5 Å². The number of phenolic OH excluding ortho intramolecular Hbond substituents is 1. The van der Waals surface area contributed by atoms with Crippen LogP contribution in [0.3, 0.4) is 0 Å². The number of nitriles is 1. The van der Waals surface area contributed by atoms with Crippen LogP contribution in [0.15, 0.2) is 12.1 Å². The van der Waals surface area contributed by atoms with Crippen molar-refractivity contribution in [3.8, 4) is 11.8 Å². The lowest BCUT2D eigenvalue weighted by molar-refractivity contribution is -0.386. The lowest BCUT2D eigenvalue weighted by Crippen LogP contribution is -2.16. The fourth-order valence-corrected chi connectivity index (χ4v) is 1.46. The van der Waals surface area contributed by atoms with E-state index in [4.69, 9.17) is 16.7 Å². The standard InChI is InChI=1S/C10H12N4O3/c11-2-1-8(13)7-3-6(5-12)4-9(10(7)15)14(16)17/h3-4,8,15H,1-2,11,13H2/t8-/m0/s1. The summed E-state index contributed by atoms with van der Waals surface area (Å²) in [5, 5.41) is 29.1. The average Bonchev–Trinajstić information content (AvgIpc) is 2.29. The van der Waals surface area contributed by atoms with Crippen molar-refractivity contribution >= 4 is 5.69 Å². The molecule has 1 aromatic rings. The molecule has 0 bridgehead atoms. The molecule has 0 saturated carbocycles. The molecule has 0 spiro atoms. The number of benzene rings is 1. The highest BCUT2D eigenvalue weighted by molar-refractivity contribution is 5.56. The molecule has 7 heteroatoms. The lowest BCUT2D eigenvalue weighted by atomic mass is 10.00. The molecule has 7 nitrogen and oxygen atoms in total. The minimum absolute atomic E-state index is 0.0805. The number of nitro benzene ring substituents is 1. The van der Waals surface area contributed by atoms with Crippen molar-refractivity contribution in [2.75, 3.05) is 6.54 Å². The summed E-state index contributed by atoms with van der Waals surface area (Å²) in [5.41, 5.74) is 10.8. The van der Waals surface area contributed by atoms with Crippen LogP contribution in [0.5, 0.6) is 5.75 Å². The van der Waals surface area contributed by atoms with Crippen LogP contribution in [0.2, 0.25) is 0 Å². The van der Waals surface area contributed by atoms with Crippen molar-refractivity contribution in [1.82, 2.24) is 0 Å². The van der Waals surface area contributed by atoms with Crippen LogP contribution in [-0.2, 0) is 0 Å². The highest BCUT2D eigenvalue weighted by Gasteiger charge is 2.22. The zero-order chi connectivity index (χ0) is 13.0. The van der Waals surface area contributed by atoms with E-state index in [9.17, 15) is 15.2 Å². The number of aromatic hydroxyl groups is 1. The summed E-state index contributed by atoms with van der Waals surface area (Å²) < 4.78 is 0. The molecule has 1 aromatic carbocycles. The number of hydrogen-bond donors (Lipinski definition) is 3. The molecule has 5 N–H and O–H groups in total. The molecule has 0 saturated heterocycles. The first-order valence-corrected chi connectivity index (χ1v) is 4.88. The molecule has 1 rings (SSSR count). The van der Waals surface area contributed by atoms with Crippen molar-refractivity contribution < 1.29 is 10.0 Å². The third-order valence-corrected chi connectivity index (χ3v) is 2.32. The van der Waals surface area contributed by atoms with E-state index < -0.39 is 22.4 Å². The number of nitro groups is 1. The molecule has 0 radical (unpaired) electrons. The largest absolute Gasteiger partial charge is 0.502 e. The average molecular weight is 236 g/mol. The molecular weight excluding hydrogens is 224 g/mol. The van der Waals surface area contributed by atoms with Gasteiger partial charge in [-0.15, -0.1) is 0 Å². The van der Waals surface area contributed by atoms with E-state index in [0.29, 0.717) is 6.42 Å². The second-order valence-corrected chi connectivity index (χ2v) is 3.49. The van der Waals surface area contributed by atoms with Gasteiger partial charge in [0.15, 0.2) is 5.75 Å². The Labute approximate surface area is 97.4 Å². The second kappa shape index (κ2) is 5.25. The Balaban J connectivity index is 3.34. The third kappa shape index (κ3) is 2.69. The molecule has 0 aliphatic carbocycles. The summed E-state index contributed by atoms with van der Waals surface area (Å²) in [7, 11) is 0. The van der Waals surface area contributed by atoms with E-state index >= 15 is 0 Å². The van der Waals surface area contributed by atoms with Gasteiger partial charge in [0.25, 0.3) is 0 Å². The normalized spacial score (nSPS) is 11.8. The summed E-state index contributed by atoms with van der Waals surface area (Å²) in [6.07, 6.45) is 0.361. The van der Waals surface area contributed by atoms with E-state index in [-0.39, 0.29) is 17.7 Å². The summed E-state index contributed by atoms with van der Waals surface area (Å²) in [6.45, 7) is 0.283. The quantitative estimate of drug-likeness (QED) is 0.514. The molecular formula is C10H12N4O3. The van der Waals surface area contributed by atoms with E-state index in [0.717, 1.165) is 6.07 Å². The van der Waals surface area contributed by atoms with Gasteiger partial charge in [-0.3, -0.25) is 10.1 Å². The summed E-state index contributed by atoms with van der Waals surface area (Å²) >= 11 is 0. The monoisotopic (exact) mass is 236 g/mol. The zero-order valence-corrected chi connectivity index (χ0v) is 8.96. The molecule has 17 heavy (non-hydrogen) atoms. The van der Waals surface area contributed by atoms with Gasteiger partial charge in [-0.05, 0) is 19.0 Å². The third-order valence-electron chi connectivity index (χ3n) is 2.32. The van der Waals surface area contributed by atoms with E-state index in [1.807, 2.05) is 0 Å². The van der Waals surface area contributed by atoms with Crippen LogP contribution < -0.4 is 11.5 Å². The lowest BCUT2D eigenvalue weighted by Gasteiger charge is -2.12. The van der Waals surface area contributed by atoms with Gasteiger partial charge in [-0.2, -0.15) is 5.26 Å². The summed E-state index contributed by atoms with van der Waals surface area (Å²) in [6, 6.07) is 3.50. The molecule has 0 fully saturated rings. The maximum absolute atomic E-state index is 10.7. The Morgan fingerprint density at radius 1 is 1.59 bits per heavy atom. The van der Waals surface area contributed by atoms with Crippen LogP contribution in [0.4, 0.5) is 5.69 Å². The summed E-state index contributed by atoms with van der Waals surface area (Å²) in [4.78, 5) is 9.94. The van der Waals surface area contributed by atoms with E-state index in [1.165, 1.54) is 6.07 Å². The Morgan fingerprint density at radius 2 is 2.24 bits per heavy atom. The molecule has 1 atom stereocenters. The predicted octanol–water partition coefficient (Wildman–Crippen LogP) is 0.521. The SMILES string of the molecule is N#Cc1cc([C@@H](N)CCN)c(O)c([N+](=O)[O-])c1. The predicted molar refractivity (Wildman–Crippen MR) is 60.1 cm³/mol. The summed E-state index contributed by atoms with van der Waals surface area (Å²) in [5.74, 6) is -0.505. The Kier molecular flexibility index (Phi) is 3.98.